The number of benzene rings is 2. The van der Waals surface area contributed by atoms with Gasteiger partial charge in [-0.2, -0.15) is 0 Å². The molecule has 2 rings (SSSR count). The number of rotatable bonds is 9. The molecular formula is C21H26N2O3. The summed E-state index contributed by atoms with van der Waals surface area (Å²) in [6.07, 6.45) is 2.91. The molecule has 2 aromatic rings. The van der Waals surface area contributed by atoms with Crippen molar-refractivity contribution in [2.24, 2.45) is 0 Å². The number of anilines is 1. The van der Waals surface area contributed by atoms with Crippen molar-refractivity contribution in [2.45, 2.75) is 33.1 Å². The lowest BCUT2D eigenvalue weighted by Crippen LogP contribution is -2.24. The fourth-order valence-corrected chi connectivity index (χ4v) is 2.34. The summed E-state index contributed by atoms with van der Waals surface area (Å²) >= 11 is 0. The van der Waals surface area contributed by atoms with Gasteiger partial charge in [-0.15, -0.1) is 0 Å². The molecule has 0 atom stereocenters. The second kappa shape index (κ2) is 10.2. The van der Waals surface area contributed by atoms with Gasteiger partial charge in [-0.1, -0.05) is 32.4 Å². The van der Waals surface area contributed by atoms with E-state index >= 15 is 0 Å². The van der Waals surface area contributed by atoms with Gasteiger partial charge in [0.05, 0.1) is 6.61 Å². The first kappa shape index (κ1) is 19.5. The molecule has 5 heteroatoms. The number of hydrogen-bond acceptors (Lipinski definition) is 3. The summed E-state index contributed by atoms with van der Waals surface area (Å²) in [5.74, 6) is 0.296. The molecular weight excluding hydrogens is 328 g/mol. The highest BCUT2D eigenvalue weighted by Gasteiger charge is 2.10. The Labute approximate surface area is 154 Å². The van der Waals surface area contributed by atoms with Crippen LogP contribution in [0.25, 0.3) is 0 Å². The Morgan fingerprint density at radius 2 is 1.65 bits per heavy atom. The summed E-state index contributed by atoms with van der Waals surface area (Å²) in [6.45, 7) is 5.36. The number of ether oxygens (including phenoxy) is 1. The van der Waals surface area contributed by atoms with Crippen LogP contribution in [0.2, 0.25) is 0 Å². The number of carbonyl (C=O) groups excluding carboxylic acids is 2. The van der Waals surface area contributed by atoms with Crippen LogP contribution >= 0.6 is 0 Å². The molecule has 0 radical (unpaired) electrons. The normalized spacial score (nSPS) is 10.2. The van der Waals surface area contributed by atoms with Gasteiger partial charge in [0.1, 0.15) is 5.75 Å². The van der Waals surface area contributed by atoms with Crippen LogP contribution in [0.4, 0.5) is 5.69 Å². The van der Waals surface area contributed by atoms with Gasteiger partial charge >= 0.3 is 0 Å². The first-order valence-corrected chi connectivity index (χ1v) is 9.06. The maximum atomic E-state index is 12.5. The van der Waals surface area contributed by atoms with Gasteiger partial charge in [0.15, 0.2) is 0 Å². The van der Waals surface area contributed by atoms with Crippen LogP contribution in [-0.4, -0.2) is 25.0 Å². The van der Waals surface area contributed by atoms with Gasteiger partial charge in [0.2, 0.25) is 0 Å². The SMILES string of the molecule is CCCCOc1cccc(C(=O)Nc2cccc(C(=O)NCCC)c2)c1. The number of carbonyl (C=O) groups is 2. The molecule has 0 spiro atoms. The molecule has 0 unspecified atom stereocenters. The molecule has 0 aliphatic rings. The smallest absolute Gasteiger partial charge is 0.255 e. The Hall–Kier alpha value is -2.82. The zero-order chi connectivity index (χ0) is 18.8. The zero-order valence-electron chi connectivity index (χ0n) is 15.4. The summed E-state index contributed by atoms with van der Waals surface area (Å²) < 4.78 is 5.64. The first-order chi connectivity index (χ1) is 12.6. The molecule has 0 bridgehead atoms. The topological polar surface area (TPSA) is 67.4 Å². The van der Waals surface area contributed by atoms with Crippen molar-refractivity contribution < 1.29 is 14.3 Å². The lowest BCUT2D eigenvalue weighted by Gasteiger charge is -2.10. The van der Waals surface area contributed by atoms with Gasteiger partial charge in [-0.3, -0.25) is 9.59 Å². The highest BCUT2D eigenvalue weighted by Crippen LogP contribution is 2.17. The molecule has 2 aromatic carbocycles. The Morgan fingerprint density at radius 1 is 0.923 bits per heavy atom. The van der Waals surface area contributed by atoms with E-state index < -0.39 is 0 Å². The van der Waals surface area contributed by atoms with Crippen molar-refractivity contribution in [1.82, 2.24) is 5.32 Å². The van der Waals surface area contributed by atoms with Crippen LogP contribution in [0, 0.1) is 0 Å². The van der Waals surface area contributed by atoms with Crippen molar-refractivity contribution in [2.75, 3.05) is 18.5 Å². The fraction of sp³-hybridized carbons (Fsp3) is 0.333. The predicted molar refractivity (Wildman–Crippen MR) is 104 cm³/mol. The minimum absolute atomic E-state index is 0.144. The first-order valence-electron chi connectivity index (χ1n) is 9.06. The second-order valence-corrected chi connectivity index (χ2v) is 6.02. The van der Waals surface area contributed by atoms with Gasteiger partial charge in [0.25, 0.3) is 11.8 Å². The van der Waals surface area contributed by atoms with Crippen LogP contribution in [0.5, 0.6) is 5.75 Å². The molecule has 0 saturated heterocycles. The van der Waals surface area contributed by atoms with Crippen LogP contribution in [0.1, 0.15) is 53.8 Å². The van der Waals surface area contributed by atoms with Crippen molar-refractivity contribution in [3.63, 3.8) is 0 Å². The average molecular weight is 354 g/mol. The van der Waals surface area contributed by atoms with E-state index in [4.69, 9.17) is 4.74 Å². The predicted octanol–water partition coefficient (Wildman–Crippen LogP) is 4.26. The molecule has 5 nitrogen and oxygen atoms in total. The molecule has 26 heavy (non-hydrogen) atoms. The van der Waals surface area contributed by atoms with Crippen LogP contribution in [-0.2, 0) is 0 Å². The monoisotopic (exact) mass is 354 g/mol. The number of unbranched alkanes of at least 4 members (excludes halogenated alkanes) is 1. The lowest BCUT2D eigenvalue weighted by molar-refractivity contribution is 0.0952. The fourth-order valence-electron chi connectivity index (χ4n) is 2.34. The van der Waals surface area contributed by atoms with E-state index in [2.05, 4.69) is 17.6 Å². The van der Waals surface area contributed by atoms with E-state index in [0.717, 1.165) is 19.3 Å². The van der Waals surface area contributed by atoms with Gasteiger partial charge in [-0.25, -0.2) is 0 Å². The van der Waals surface area contributed by atoms with E-state index in [0.29, 0.717) is 35.7 Å². The summed E-state index contributed by atoms with van der Waals surface area (Å²) in [7, 11) is 0. The highest BCUT2D eigenvalue weighted by molar-refractivity contribution is 6.05. The van der Waals surface area contributed by atoms with E-state index in [1.807, 2.05) is 13.0 Å². The minimum atomic E-state index is -0.239. The highest BCUT2D eigenvalue weighted by atomic mass is 16.5. The molecule has 0 aliphatic carbocycles. The maximum Gasteiger partial charge on any atom is 0.255 e. The van der Waals surface area contributed by atoms with E-state index in [1.54, 1.807) is 42.5 Å². The minimum Gasteiger partial charge on any atom is -0.494 e. The zero-order valence-corrected chi connectivity index (χ0v) is 15.4. The number of nitrogens with one attached hydrogen (secondary N) is 2. The van der Waals surface area contributed by atoms with Crippen molar-refractivity contribution >= 4 is 17.5 Å². The molecule has 0 saturated carbocycles. The standard InChI is InChI=1S/C21H26N2O3/c1-3-5-13-26-19-11-7-9-17(15-19)21(25)23-18-10-6-8-16(14-18)20(24)22-12-4-2/h6-11,14-15H,3-5,12-13H2,1-2H3,(H,22,24)(H,23,25). The quantitative estimate of drug-likeness (QED) is 0.661. The largest absolute Gasteiger partial charge is 0.494 e. The van der Waals surface area contributed by atoms with Crippen molar-refractivity contribution in [3.05, 3.63) is 59.7 Å². The molecule has 0 heterocycles. The number of amides is 2. The average Bonchev–Trinajstić information content (AvgIpc) is 2.66. The van der Waals surface area contributed by atoms with Crippen LogP contribution in [0.3, 0.4) is 0 Å². The molecule has 0 fully saturated rings. The van der Waals surface area contributed by atoms with Crippen molar-refractivity contribution in [3.8, 4) is 5.75 Å². The summed E-state index contributed by atoms with van der Waals surface area (Å²) in [6, 6.07) is 14.0. The molecule has 0 aliphatic heterocycles. The van der Waals surface area contributed by atoms with Gasteiger partial charge < -0.3 is 15.4 Å². The second-order valence-electron chi connectivity index (χ2n) is 6.02. The maximum absolute atomic E-state index is 12.5. The Morgan fingerprint density at radius 3 is 2.38 bits per heavy atom. The molecule has 0 aromatic heterocycles. The van der Waals surface area contributed by atoms with Crippen molar-refractivity contribution in [1.29, 1.82) is 0 Å². The van der Waals surface area contributed by atoms with Gasteiger partial charge in [-0.05, 0) is 49.2 Å². The third-order valence-electron chi connectivity index (χ3n) is 3.78. The Balaban J connectivity index is 2.03. The summed E-state index contributed by atoms with van der Waals surface area (Å²) in [5, 5.41) is 5.65. The molecule has 2 N–H and O–H groups in total. The lowest BCUT2D eigenvalue weighted by atomic mass is 10.1. The Bertz CT molecular complexity index is 744. The third-order valence-corrected chi connectivity index (χ3v) is 3.78. The van der Waals surface area contributed by atoms with Gasteiger partial charge in [0, 0.05) is 23.4 Å². The summed E-state index contributed by atoms with van der Waals surface area (Å²) in [4.78, 5) is 24.5. The number of hydrogen-bond donors (Lipinski definition) is 2. The van der Waals surface area contributed by atoms with Crippen LogP contribution < -0.4 is 15.4 Å². The van der Waals surface area contributed by atoms with E-state index in [9.17, 15) is 9.59 Å². The van der Waals surface area contributed by atoms with E-state index in [1.165, 1.54) is 0 Å². The molecule has 2 amide bonds. The van der Waals surface area contributed by atoms with Crippen LogP contribution in [0.15, 0.2) is 48.5 Å². The summed E-state index contributed by atoms with van der Waals surface area (Å²) in [5.41, 5.74) is 1.61. The Kier molecular flexibility index (Phi) is 7.68. The van der Waals surface area contributed by atoms with E-state index in [-0.39, 0.29) is 11.8 Å². The molecule has 138 valence electrons. The third kappa shape index (κ3) is 5.92.